The molecule has 0 aromatic carbocycles. The van der Waals surface area contributed by atoms with E-state index >= 15 is 0 Å². The second kappa shape index (κ2) is 12.4. The SMILES string of the molecule is CCCCCCCCCCCN1CCCCCC1C=O. The van der Waals surface area contributed by atoms with Gasteiger partial charge in [0.2, 0.25) is 0 Å². The smallest absolute Gasteiger partial charge is 0.137 e. The molecule has 0 amide bonds. The molecule has 0 radical (unpaired) electrons. The molecule has 1 rings (SSSR count). The average Bonchev–Trinajstić information content (AvgIpc) is 2.70. The molecule has 2 heteroatoms. The third-order valence-corrected chi connectivity index (χ3v) is 4.62. The lowest BCUT2D eigenvalue weighted by Crippen LogP contribution is -2.36. The molecule has 0 aliphatic carbocycles. The van der Waals surface area contributed by atoms with Gasteiger partial charge in [0.05, 0.1) is 6.04 Å². The highest BCUT2D eigenvalue weighted by molar-refractivity contribution is 5.57. The van der Waals surface area contributed by atoms with Gasteiger partial charge in [-0.15, -0.1) is 0 Å². The summed E-state index contributed by atoms with van der Waals surface area (Å²) in [5.74, 6) is 0. The lowest BCUT2D eigenvalue weighted by atomic mass is 10.1. The molecule has 118 valence electrons. The van der Waals surface area contributed by atoms with E-state index in [0.717, 1.165) is 19.5 Å². The maximum Gasteiger partial charge on any atom is 0.137 e. The first-order valence-electron chi connectivity index (χ1n) is 9.08. The molecule has 1 heterocycles. The fourth-order valence-corrected chi connectivity index (χ4v) is 3.25. The van der Waals surface area contributed by atoms with Crippen LogP contribution in [0.25, 0.3) is 0 Å². The van der Waals surface area contributed by atoms with Crippen molar-refractivity contribution in [2.45, 2.75) is 96.4 Å². The van der Waals surface area contributed by atoms with Crippen molar-refractivity contribution in [2.75, 3.05) is 13.1 Å². The van der Waals surface area contributed by atoms with Gasteiger partial charge in [-0.05, 0) is 32.4 Å². The van der Waals surface area contributed by atoms with Crippen LogP contribution in [0.2, 0.25) is 0 Å². The molecule has 0 N–H and O–H groups in total. The number of unbranched alkanes of at least 4 members (excludes halogenated alkanes) is 8. The highest BCUT2D eigenvalue weighted by atomic mass is 16.1. The lowest BCUT2D eigenvalue weighted by molar-refractivity contribution is -0.112. The zero-order valence-corrected chi connectivity index (χ0v) is 13.6. The molecule has 1 unspecified atom stereocenters. The second-order valence-electron chi connectivity index (χ2n) is 6.42. The Hall–Kier alpha value is -0.370. The van der Waals surface area contributed by atoms with Crippen LogP contribution < -0.4 is 0 Å². The van der Waals surface area contributed by atoms with Crippen molar-refractivity contribution in [3.05, 3.63) is 0 Å². The number of carbonyl (C=O) groups is 1. The molecule has 0 saturated carbocycles. The molecule has 0 aromatic rings. The molecule has 20 heavy (non-hydrogen) atoms. The molecule has 1 atom stereocenters. The van der Waals surface area contributed by atoms with E-state index in [4.69, 9.17) is 0 Å². The van der Waals surface area contributed by atoms with Crippen LogP contribution in [0.15, 0.2) is 0 Å². The minimum Gasteiger partial charge on any atom is -0.302 e. The van der Waals surface area contributed by atoms with Gasteiger partial charge in [0.1, 0.15) is 6.29 Å². The van der Waals surface area contributed by atoms with Crippen molar-refractivity contribution in [3.63, 3.8) is 0 Å². The molecule has 1 aliphatic heterocycles. The van der Waals surface area contributed by atoms with Crippen LogP contribution in [-0.2, 0) is 4.79 Å². The van der Waals surface area contributed by atoms with Gasteiger partial charge in [-0.1, -0.05) is 71.1 Å². The lowest BCUT2D eigenvalue weighted by Gasteiger charge is -2.25. The molecular weight excluding hydrogens is 246 g/mol. The maximum atomic E-state index is 11.1. The summed E-state index contributed by atoms with van der Waals surface area (Å²) in [7, 11) is 0. The Morgan fingerprint density at radius 1 is 0.900 bits per heavy atom. The number of carbonyl (C=O) groups excluding carboxylic acids is 1. The fraction of sp³-hybridized carbons (Fsp3) is 0.944. The summed E-state index contributed by atoms with van der Waals surface area (Å²) in [4.78, 5) is 13.6. The van der Waals surface area contributed by atoms with E-state index in [2.05, 4.69) is 11.8 Å². The van der Waals surface area contributed by atoms with E-state index in [0.29, 0.717) is 0 Å². The van der Waals surface area contributed by atoms with Crippen molar-refractivity contribution in [1.29, 1.82) is 0 Å². The van der Waals surface area contributed by atoms with E-state index in [1.165, 1.54) is 83.3 Å². The largest absolute Gasteiger partial charge is 0.302 e. The Bertz CT molecular complexity index is 229. The van der Waals surface area contributed by atoms with Gasteiger partial charge in [0.25, 0.3) is 0 Å². The number of likely N-dealkylation sites (tertiary alicyclic amines) is 1. The van der Waals surface area contributed by atoms with Crippen molar-refractivity contribution < 1.29 is 4.79 Å². The fourth-order valence-electron chi connectivity index (χ4n) is 3.25. The molecule has 1 fully saturated rings. The van der Waals surface area contributed by atoms with Gasteiger partial charge in [-0.3, -0.25) is 4.90 Å². The average molecular weight is 281 g/mol. The summed E-state index contributed by atoms with van der Waals surface area (Å²) in [5.41, 5.74) is 0. The quantitative estimate of drug-likeness (QED) is 0.394. The number of hydrogen-bond acceptors (Lipinski definition) is 2. The summed E-state index contributed by atoms with van der Waals surface area (Å²) in [5, 5.41) is 0. The predicted octanol–water partition coefficient (Wildman–Crippen LogP) is 4.96. The van der Waals surface area contributed by atoms with Gasteiger partial charge in [0.15, 0.2) is 0 Å². The Morgan fingerprint density at radius 3 is 2.20 bits per heavy atom. The van der Waals surface area contributed by atoms with Gasteiger partial charge in [-0.25, -0.2) is 0 Å². The zero-order chi connectivity index (χ0) is 14.5. The summed E-state index contributed by atoms with van der Waals surface area (Å²) in [6.07, 6.45) is 18.5. The van der Waals surface area contributed by atoms with Gasteiger partial charge < -0.3 is 4.79 Å². The van der Waals surface area contributed by atoms with Gasteiger partial charge in [-0.2, -0.15) is 0 Å². The first-order chi connectivity index (χ1) is 9.88. The molecule has 2 nitrogen and oxygen atoms in total. The van der Waals surface area contributed by atoms with Crippen LogP contribution in [0.4, 0.5) is 0 Å². The Kier molecular flexibility index (Phi) is 10.9. The molecular formula is C18H35NO. The molecule has 0 bridgehead atoms. The van der Waals surface area contributed by atoms with E-state index in [1.54, 1.807) is 0 Å². The number of aldehydes is 1. The molecule has 1 saturated heterocycles. The van der Waals surface area contributed by atoms with Crippen LogP contribution in [0, 0.1) is 0 Å². The van der Waals surface area contributed by atoms with Crippen molar-refractivity contribution in [3.8, 4) is 0 Å². The van der Waals surface area contributed by atoms with Crippen molar-refractivity contribution >= 4 is 6.29 Å². The molecule has 0 spiro atoms. The normalized spacial score (nSPS) is 20.8. The van der Waals surface area contributed by atoms with Gasteiger partial charge >= 0.3 is 0 Å². The van der Waals surface area contributed by atoms with Crippen LogP contribution in [-0.4, -0.2) is 30.3 Å². The zero-order valence-electron chi connectivity index (χ0n) is 13.6. The minimum absolute atomic E-state index is 0.214. The monoisotopic (exact) mass is 281 g/mol. The number of hydrogen-bond donors (Lipinski definition) is 0. The van der Waals surface area contributed by atoms with E-state index in [-0.39, 0.29) is 6.04 Å². The van der Waals surface area contributed by atoms with Gasteiger partial charge in [0, 0.05) is 0 Å². The van der Waals surface area contributed by atoms with E-state index < -0.39 is 0 Å². The van der Waals surface area contributed by atoms with Crippen LogP contribution >= 0.6 is 0 Å². The third kappa shape index (κ3) is 8.04. The van der Waals surface area contributed by atoms with Crippen LogP contribution in [0.3, 0.4) is 0 Å². The molecule has 1 aliphatic rings. The van der Waals surface area contributed by atoms with Crippen LogP contribution in [0.5, 0.6) is 0 Å². The summed E-state index contributed by atoms with van der Waals surface area (Å²) >= 11 is 0. The van der Waals surface area contributed by atoms with Crippen LogP contribution in [0.1, 0.15) is 90.4 Å². The summed E-state index contributed by atoms with van der Waals surface area (Å²) in [6, 6.07) is 0.214. The minimum atomic E-state index is 0.214. The maximum absolute atomic E-state index is 11.1. The first kappa shape index (κ1) is 17.7. The summed E-state index contributed by atoms with van der Waals surface area (Å²) < 4.78 is 0. The second-order valence-corrected chi connectivity index (χ2v) is 6.42. The van der Waals surface area contributed by atoms with Crippen molar-refractivity contribution in [2.24, 2.45) is 0 Å². The first-order valence-corrected chi connectivity index (χ1v) is 9.08. The summed E-state index contributed by atoms with van der Waals surface area (Å²) in [6.45, 7) is 4.55. The Balaban J connectivity index is 1.97. The highest BCUT2D eigenvalue weighted by Gasteiger charge is 2.19. The number of nitrogens with zero attached hydrogens (tertiary/aromatic N) is 1. The Morgan fingerprint density at radius 2 is 1.55 bits per heavy atom. The topological polar surface area (TPSA) is 20.3 Å². The molecule has 0 aromatic heterocycles. The van der Waals surface area contributed by atoms with E-state index in [9.17, 15) is 4.79 Å². The van der Waals surface area contributed by atoms with Crippen molar-refractivity contribution in [1.82, 2.24) is 4.90 Å². The standard InChI is InChI=1S/C18H35NO/c1-2-3-4-5-6-7-8-9-12-15-19-16-13-10-11-14-18(19)17-20/h17-18H,2-16H2,1H3. The number of rotatable bonds is 11. The third-order valence-electron chi connectivity index (χ3n) is 4.62. The highest BCUT2D eigenvalue weighted by Crippen LogP contribution is 2.17. The van der Waals surface area contributed by atoms with E-state index in [1.807, 2.05) is 0 Å². The Labute approximate surface area is 126 Å². The predicted molar refractivity (Wildman–Crippen MR) is 87.1 cm³/mol.